The van der Waals surface area contributed by atoms with Crippen molar-refractivity contribution in [3.05, 3.63) is 70.7 Å². The summed E-state index contributed by atoms with van der Waals surface area (Å²) < 4.78 is 1.03. The normalized spacial score (nSPS) is 10.5. The molecule has 104 valence electrons. The summed E-state index contributed by atoms with van der Waals surface area (Å²) in [4.78, 5) is 12.2. The van der Waals surface area contributed by atoms with Gasteiger partial charge in [0.1, 0.15) is 0 Å². The van der Waals surface area contributed by atoms with Gasteiger partial charge in [-0.15, -0.1) is 0 Å². The highest BCUT2D eigenvalue weighted by molar-refractivity contribution is 9.10. The number of carbonyl (C=O) groups excluding carboxylic acids is 1. The van der Waals surface area contributed by atoms with Crippen molar-refractivity contribution in [1.29, 1.82) is 0 Å². The van der Waals surface area contributed by atoms with E-state index in [1.807, 2.05) is 36.4 Å². The van der Waals surface area contributed by atoms with Crippen LogP contribution in [0.5, 0.6) is 0 Å². The third-order valence-electron chi connectivity index (χ3n) is 3.21. The van der Waals surface area contributed by atoms with E-state index in [1.54, 1.807) is 24.3 Å². The molecule has 0 saturated heterocycles. The van der Waals surface area contributed by atoms with Gasteiger partial charge in [-0.3, -0.25) is 4.79 Å². The predicted octanol–water partition coefficient (Wildman–Crippen LogP) is 4.44. The Morgan fingerprint density at radius 2 is 1.71 bits per heavy atom. The predicted molar refractivity (Wildman–Crippen MR) is 90.5 cm³/mol. The van der Waals surface area contributed by atoms with E-state index < -0.39 is 0 Å². The molecule has 1 amide bonds. The van der Waals surface area contributed by atoms with Gasteiger partial charge in [0, 0.05) is 21.4 Å². The van der Waals surface area contributed by atoms with Crippen LogP contribution in [0, 0.1) is 0 Å². The first-order valence-corrected chi connectivity index (χ1v) is 7.27. The number of halogens is 1. The van der Waals surface area contributed by atoms with Gasteiger partial charge in [-0.2, -0.15) is 0 Å². The average molecular weight is 341 g/mol. The van der Waals surface area contributed by atoms with Gasteiger partial charge in [0.2, 0.25) is 0 Å². The summed E-state index contributed by atoms with van der Waals surface area (Å²) in [6, 6.07) is 18.8. The quantitative estimate of drug-likeness (QED) is 0.677. The fourth-order valence-electron chi connectivity index (χ4n) is 2.18. The van der Waals surface area contributed by atoms with Gasteiger partial charge < -0.3 is 11.1 Å². The topological polar surface area (TPSA) is 55.1 Å². The van der Waals surface area contributed by atoms with Crippen LogP contribution in [0.2, 0.25) is 0 Å². The van der Waals surface area contributed by atoms with E-state index in [1.165, 1.54) is 0 Å². The molecule has 0 saturated carbocycles. The Morgan fingerprint density at radius 1 is 0.952 bits per heavy atom. The first-order valence-electron chi connectivity index (χ1n) is 6.48. The minimum Gasteiger partial charge on any atom is -0.399 e. The Hall–Kier alpha value is -2.33. The molecule has 0 aliphatic carbocycles. The molecule has 0 spiro atoms. The third kappa shape index (κ3) is 3.06. The maximum absolute atomic E-state index is 12.2. The van der Waals surface area contributed by atoms with E-state index >= 15 is 0 Å². The number of hydrogen-bond donors (Lipinski definition) is 2. The molecule has 0 bridgehead atoms. The summed E-state index contributed by atoms with van der Waals surface area (Å²) >= 11 is 3.45. The maximum Gasteiger partial charge on any atom is 0.255 e. The smallest absolute Gasteiger partial charge is 0.255 e. The second-order valence-electron chi connectivity index (χ2n) is 4.79. The molecule has 0 aliphatic heterocycles. The van der Waals surface area contributed by atoms with Gasteiger partial charge in [-0.25, -0.2) is 0 Å². The molecule has 0 unspecified atom stereocenters. The summed E-state index contributed by atoms with van der Waals surface area (Å²) in [5.41, 5.74) is 7.58. The monoisotopic (exact) mass is 340 g/mol. The Bertz CT molecular complexity index is 830. The van der Waals surface area contributed by atoms with Crippen LogP contribution >= 0.6 is 15.9 Å². The highest BCUT2D eigenvalue weighted by Crippen LogP contribution is 2.23. The molecule has 3 N–H and O–H groups in total. The van der Waals surface area contributed by atoms with Gasteiger partial charge in [0.05, 0.1) is 0 Å². The van der Waals surface area contributed by atoms with Crippen LogP contribution in [0.4, 0.5) is 11.4 Å². The Labute approximate surface area is 130 Å². The standard InChI is InChI=1S/C17H13BrN2O/c18-14-6-4-12-10-16(7-5-11(12)8-14)20-17(21)13-2-1-3-15(19)9-13/h1-10H,19H2,(H,20,21). The lowest BCUT2D eigenvalue weighted by atomic mass is 10.1. The van der Waals surface area contributed by atoms with Crippen LogP contribution in [0.3, 0.4) is 0 Å². The molecule has 0 radical (unpaired) electrons. The Kier molecular flexibility index (Phi) is 3.62. The minimum absolute atomic E-state index is 0.168. The number of nitrogens with two attached hydrogens (primary N) is 1. The molecule has 0 aromatic heterocycles. The fourth-order valence-corrected chi connectivity index (χ4v) is 2.56. The van der Waals surface area contributed by atoms with Gasteiger partial charge in [-0.1, -0.05) is 34.1 Å². The van der Waals surface area contributed by atoms with E-state index in [0.29, 0.717) is 11.3 Å². The second-order valence-corrected chi connectivity index (χ2v) is 5.70. The van der Waals surface area contributed by atoms with E-state index in [2.05, 4.69) is 21.2 Å². The van der Waals surface area contributed by atoms with Gasteiger partial charge in [0.25, 0.3) is 5.91 Å². The van der Waals surface area contributed by atoms with E-state index in [4.69, 9.17) is 5.73 Å². The lowest BCUT2D eigenvalue weighted by Crippen LogP contribution is -2.12. The second kappa shape index (κ2) is 5.58. The van der Waals surface area contributed by atoms with Crippen molar-refractivity contribution in [2.45, 2.75) is 0 Å². The molecule has 21 heavy (non-hydrogen) atoms. The van der Waals surface area contributed by atoms with Crippen LogP contribution in [-0.2, 0) is 0 Å². The van der Waals surface area contributed by atoms with Crippen molar-refractivity contribution < 1.29 is 4.79 Å². The summed E-state index contributed by atoms with van der Waals surface area (Å²) in [7, 11) is 0. The molecule has 0 fully saturated rings. The number of fused-ring (bicyclic) bond motifs is 1. The van der Waals surface area contributed by atoms with Gasteiger partial charge >= 0.3 is 0 Å². The zero-order valence-corrected chi connectivity index (χ0v) is 12.7. The van der Waals surface area contributed by atoms with Gasteiger partial charge in [-0.05, 0) is 53.2 Å². The number of anilines is 2. The summed E-state index contributed by atoms with van der Waals surface area (Å²) in [5, 5.41) is 5.08. The molecule has 0 heterocycles. The number of hydrogen-bond acceptors (Lipinski definition) is 2. The van der Waals surface area contributed by atoms with E-state index in [-0.39, 0.29) is 5.91 Å². The van der Waals surface area contributed by atoms with Crippen molar-refractivity contribution in [3.63, 3.8) is 0 Å². The summed E-state index contributed by atoms with van der Waals surface area (Å²) in [5.74, 6) is -0.168. The van der Waals surface area contributed by atoms with Crippen molar-refractivity contribution in [2.24, 2.45) is 0 Å². The molecular formula is C17H13BrN2O. The SMILES string of the molecule is Nc1cccc(C(=O)Nc2ccc3cc(Br)ccc3c2)c1. The van der Waals surface area contributed by atoms with Crippen LogP contribution < -0.4 is 11.1 Å². The van der Waals surface area contributed by atoms with Crippen LogP contribution in [-0.4, -0.2) is 5.91 Å². The van der Waals surface area contributed by atoms with E-state index in [9.17, 15) is 4.79 Å². The summed E-state index contributed by atoms with van der Waals surface area (Å²) in [6.45, 7) is 0. The fraction of sp³-hybridized carbons (Fsp3) is 0. The number of benzene rings is 3. The summed E-state index contributed by atoms with van der Waals surface area (Å²) in [6.07, 6.45) is 0. The molecule has 3 aromatic rings. The van der Waals surface area contributed by atoms with Crippen molar-refractivity contribution in [2.75, 3.05) is 11.1 Å². The van der Waals surface area contributed by atoms with E-state index in [0.717, 1.165) is 20.9 Å². The zero-order chi connectivity index (χ0) is 14.8. The number of nitrogens with one attached hydrogen (secondary N) is 1. The van der Waals surface area contributed by atoms with Crippen LogP contribution in [0.1, 0.15) is 10.4 Å². The molecular weight excluding hydrogens is 328 g/mol. The highest BCUT2D eigenvalue weighted by Gasteiger charge is 2.06. The molecule has 4 heteroatoms. The molecule has 3 rings (SSSR count). The molecule has 3 aromatic carbocycles. The number of rotatable bonds is 2. The zero-order valence-electron chi connectivity index (χ0n) is 11.1. The first-order chi connectivity index (χ1) is 10.1. The Balaban J connectivity index is 1.87. The Morgan fingerprint density at radius 3 is 2.52 bits per heavy atom. The highest BCUT2D eigenvalue weighted by atomic mass is 79.9. The van der Waals surface area contributed by atoms with Crippen molar-refractivity contribution in [3.8, 4) is 0 Å². The molecule has 0 aliphatic rings. The number of carbonyl (C=O) groups is 1. The first kappa shape index (κ1) is 13.6. The molecule has 0 atom stereocenters. The van der Waals surface area contributed by atoms with Gasteiger partial charge in [0.15, 0.2) is 0 Å². The lowest BCUT2D eigenvalue weighted by Gasteiger charge is -2.07. The minimum atomic E-state index is -0.168. The molecule has 3 nitrogen and oxygen atoms in total. The van der Waals surface area contributed by atoms with Crippen LogP contribution in [0.15, 0.2) is 65.1 Å². The number of amides is 1. The lowest BCUT2D eigenvalue weighted by molar-refractivity contribution is 0.102. The van der Waals surface area contributed by atoms with Crippen LogP contribution in [0.25, 0.3) is 10.8 Å². The van der Waals surface area contributed by atoms with Crippen molar-refractivity contribution >= 4 is 44.0 Å². The average Bonchev–Trinajstić information content (AvgIpc) is 2.47. The maximum atomic E-state index is 12.2. The third-order valence-corrected chi connectivity index (χ3v) is 3.70. The number of nitrogen functional groups attached to an aromatic ring is 1. The van der Waals surface area contributed by atoms with Crippen molar-refractivity contribution in [1.82, 2.24) is 0 Å². The largest absolute Gasteiger partial charge is 0.399 e.